The second-order valence-corrected chi connectivity index (χ2v) is 13.4. The van der Waals surface area contributed by atoms with Gasteiger partial charge in [0.1, 0.15) is 0 Å². The molecule has 214 valence electrons. The number of likely N-dealkylation sites (tertiary alicyclic amines) is 2. The number of aromatic hydroxyl groups is 1. The third kappa shape index (κ3) is 3.86. The minimum atomic E-state index is -2.03. The average Bonchev–Trinajstić information content (AvgIpc) is 3.24. The number of carbonyl (C=O) groups is 5. The molecule has 0 spiro atoms. The van der Waals surface area contributed by atoms with Crippen LogP contribution in [0.15, 0.2) is 26.7 Å². The molecule has 6 atom stereocenters. The molecule has 0 bridgehead atoms. The normalized spacial score (nSPS) is 33.1. The van der Waals surface area contributed by atoms with E-state index in [2.05, 4.69) is 47.8 Å². The summed E-state index contributed by atoms with van der Waals surface area (Å²) in [5.74, 6) is -7.37. The Labute approximate surface area is 263 Å². The second kappa shape index (κ2) is 10.3. The lowest BCUT2D eigenvalue weighted by Crippen LogP contribution is -2.60. The van der Waals surface area contributed by atoms with Crippen LogP contribution >= 0.6 is 71.0 Å². The molecule has 4 amide bonds. The summed E-state index contributed by atoms with van der Waals surface area (Å²) >= 11 is 24.4. The maximum Gasteiger partial charge on any atom is 0.305 e. The summed E-state index contributed by atoms with van der Waals surface area (Å²) < 4.78 is 5.88. The average molecular weight is 788 g/mol. The zero-order chi connectivity index (χ0) is 29.5. The van der Waals surface area contributed by atoms with Crippen molar-refractivity contribution >= 4 is 101 Å². The van der Waals surface area contributed by atoms with Crippen molar-refractivity contribution in [3.05, 3.63) is 32.2 Å². The van der Waals surface area contributed by atoms with Crippen molar-refractivity contribution in [2.24, 2.45) is 17.8 Å². The number of imide groups is 2. The first-order valence-electron chi connectivity index (χ1n) is 12.1. The van der Waals surface area contributed by atoms with Crippen LogP contribution in [0.4, 0.5) is 0 Å². The molecule has 4 aliphatic rings. The molecule has 0 aromatic heterocycles. The number of hydrogen-bond donors (Lipinski definition) is 2. The number of carboxylic acid groups (broad SMARTS) is 1. The Morgan fingerprint density at radius 1 is 1.10 bits per heavy atom. The number of alkyl halides is 3. The van der Waals surface area contributed by atoms with E-state index in [9.17, 15) is 29.1 Å². The highest BCUT2D eigenvalue weighted by Crippen LogP contribution is 2.66. The van der Waals surface area contributed by atoms with Crippen LogP contribution in [0, 0.1) is 17.8 Å². The Kier molecular flexibility index (Phi) is 7.64. The van der Waals surface area contributed by atoms with Crippen LogP contribution in [0.2, 0.25) is 0 Å². The molecule has 10 nitrogen and oxygen atoms in total. The van der Waals surface area contributed by atoms with E-state index in [1.165, 1.54) is 13.2 Å². The highest BCUT2D eigenvalue weighted by atomic mass is 79.9. The van der Waals surface area contributed by atoms with E-state index < -0.39 is 69.4 Å². The van der Waals surface area contributed by atoms with Gasteiger partial charge in [-0.25, -0.2) is 0 Å². The topological polar surface area (TPSA) is 142 Å². The number of carboxylic acids is 1. The van der Waals surface area contributed by atoms with E-state index in [4.69, 9.17) is 33.0 Å². The minimum Gasteiger partial charge on any atom is -0.503 e. The fourth-order valence-corrected chi connectivity index (χ4v) is 8.94. The Balaban J connectivity index is 1.73. The van der Waals surface area contributed by atoms with E-state index >= 15 is 0 Å². The zero-order valence-electron chi connectivity index (χ0n) is 20.6. The molecule has 1 aromatic rings. The van der Waals surface area contributed by atoms with Crippen molar-refractivity contribution in [1.82, 2.24) is 9.80 Å². The summed E-state index contributed by atoms with van der Waals surface area (Å²) in [6.45, 7) is -0.278. The Hall–Kier alpha value is -1.67. The molecule has 5 rings (SSSR count). The van der Waals surface area contributed by atoms with Gasteiger partial charge in [0, 0.05) is 16.9 Å². The molecule has 1 saturated carbocycles. The van der Waals surface area contributed by atoms with Gasteiger partial charge in [-0.1, -0.05) is 27.6 Å². The van der Waals surface area contributed by atoms with Crippen LogP contribution in [0.5, 0.6) is 11.5 Å². The van der Waals surface area contributed by atoms with Crippen molar-refractivity contribution in [3.8, 4) is 11.5 Å². The van der Waals surface area contributed by atoms with Gasteiger partial charge in [0.05, 0.1) is 35.3 Å². The summed E-state index contributed by atoms with van der Waals surface area (Å²) in [6.07, 6.45) is 1.30. The van der Waals surface area contributed by atoms with E-state index in [-0.39, 0.29) is 40.8 Å². The third-order valence-electron chi connectivity index (χ3n) is 8.36. The monoisotopic (exact) mass is 784 g/mol. The number of phenolic OH excluding ortho intramolecular Hbond substituents is 1. The molecular formula is C25H21Br3Cl2N2O8. The maximum atomic E-state index is 13.9. The molecular weight excluding hydrogens is 767 g/mol. The van der Waals surface area contributed by atoms with Crippen molar-refractivity contribution in [1.29, 1.82) is 0 Å². The SMILES string of the molecule is COc1cc(C2C3=CCC4C(=O)N(CCC(=O)O)C(=O)C4C3CC3(Cl)C(=O)N(CBr)C(=O)C23Cl)c(Br)c(Br)c1O. The first-order chi connectivity index (χ1) is 18.8. The summed E-state index contributed by atoms with van der Waals surface area (Å²) in [4.78, 5) is 63.4. The van der Waals surface area contributed by atoms with Gasteiger partial charge in [-0.3, -0.25) is 33.8 Å². The van der Waals surface area contributed by atoms with Gasteiger partial charge < -0.3 is 14.9 Å². The third-order valence-corrected chi connectivity index (χ3v) is 12.4. The predicted molar refractivity (Wildman–Crippen MR) is 152 cm³/mol. The van der Waals surface area contributed by atoms with Crippen molar-refractivity contribution in [3.63, 3.8) is 0 Å². The second-order valence-electron chi connectivity index (χ2n) is 10.1. The number of aliphatic carboxylic acids is 1. The molecule has 2 N–H and O–H groups in total. The van der Waals surface area contributed by atoms with Crippen LogP contribution < -0.4 is 4.74 Å². The molecule has 2 heterocycles. The number of phenols is 1. The Bertz CT molecular complexity index is 1420. The van der Waals surface area contributed by atoms with Gasteiger partial charge in [0.15, 0.2) is 21.2 Å². The number of halogens is 5. The van der Waals surface area contributed by atoms with Crippen LogP contribution in [0.3, 0.4) is 0 Å². The van der Waals surface area contributed by atoms with Crippen LogP contribution in [-0.4, -0.2) is 78.5 Å². The highest BCUT2D eigenvalue weighted by Gasteiger charge is 2.76. The number of methoxy groups -OCH3 is 1. The number of allylic oxidation sites excluding steroid dienone is 2. The Morgan fingerprint density at radius 2 is 1.77 bits per heavy atom. The van der Waals surface area contributed by atoms with Crippen LogP contribution in [-0.2, 0) is 24.0 Å². The number of hydrogen-bond acceptors (Lipinski definition) is 7. The first kappa shape index (κ1) is 29.8. The Morgan fingerprint density at radius 3 is 2.38 bits per heavy atom. The number of ether oxygens (including phenoxy) is 1. The summed E-state index contributed by atoms with van der Waals surface area (Å²) in [5.41, 5.74) is 0.750. The fraction of sp³-hybridized carbons (Fsp3) is 0.480. The molecule has 2 aliphatic heterocycles. The lowest BCUT2D eigenvalue weighted by atomic mass is 9.56. The summed E-state index contributed by atoms with van der Waals surface area (Å²) in [7, 11) is 1.35. The minimum absolute atomic E-state index is 0.0583. The van der Waals surface area contributed by atoms with Gasteiger partial charge in [-0.2, -0.15) is 0 Å². The van der Waals surface area contributed by atoms with Gasteiger partial charge in [0.2, 0.25) is 11.8 Å². The van der Waals surface area contributed by atoms with Crippen LogP contribution in [0.1, 0.15) is 30.7 Å². The fourth-order valence-electron chi connectivity index (χ4n) is 6.57. The number of amides is 4. The first-order valence-corrected chi connectivity index (χ1v) is 15.5. The smallest absolute Gasteiger partial charge is 0.305 e. The molecule has 6 unspecified atom stereocenters. The number of fused-ring (bicyclic) bond motifs is 4. The largest absolute Gasteiger partial charge is 0.503 e. The molecule has 0 radical (unpaired) electrons. The lowest BCUT2D eigenvalue weighted by molar-refractivity contribution is -0.143. The van der Waals surface area contributed by atoms with E-state index in [0.717, 1.165) is 9.80 Å². The molecule has 2 saturated heterocycles. The molecule has 40 heavy (non-hydrogen) atoms. The predicted octanol–water partition coefficient (Wildman–Crippen LogP) is 4.11. The van der Waals surface area contributed by atoms with Gasteiger partial charge in [-0.05, 0) is 62.2 Å². The standard InChI is InChI=1S/C25H21Br3Cl2N2O8/c1-40-13-6-11(17(27)18(28)19(13)35)16-9-2-3-10-15(21(37)31(20(10)36)5-4-14(33)34)12(9)7-24(29)22(38)32(8-26)23(39)25(16,24)30/h2,6,10,12,15-16,35H,3-5,7-8H2,1H3,(H,33,34). The van der Waals surface area contributed by atoms with Gasteiger partial charge in [0.25, 0.3) is 11.8 Å². The van der Waals surface area contributed by atoms with E-state index in [1.807, 2.05) is 0 Å². The zero-order valence-corrected chi connectivity index (χ0v) is 26.9. The number of carbonyl (C=O) groups excluding carboxylic acids is 4. The van der Waals surface area contributed by atoms with E-state index in [1.54, 1.807) is 6.08 Å². The van der Waals surface area contributed by atoms with E-state index in [0.29, 0.717) is 15.6 Å². The summed E-state index contributed by atoms with van der Waals surface area (Å²) in [5, 5.41) is 19.7. The molecule has 15 heteroatoms. The summed E-state index contributed by atoms with van der Waals surface area (Å²) in [6, 6.07) is 1.49. The van der Waals surface area contributed by atoms with Crippen molar-refractivity contribution in [2.45, 2.75) is 34.9 Å². The lowest BCUT2D eigenvalue weighted by Gasteiger charge is -2.51. The quantitative estimate of drug-likeness (QED) is 0.190. The van der Waals surface area contributed by atoms with Crippen molar-refractivity contribution < 1.29 is 38.9 Å². The number of nitrogens with zero attached hydrogens (tertiary/aromatic N) is 2. The highest BCUT2D eigenvalue weighted by molar-refractivity contribution is 9.13. The maximum absolute atomic E-state index is 13.9. The molecule has 3 fully saturated rings. The van der Waals surface area contributed by atoms with Gasteiger partial charge in [-0.15, -0.1) is 23.2 Å². The van der Waals surface area contributed by atoms with Crippen LogP contribution in [0.25, 0.3) is 0 Å². The van der Waals surface area contributed by atoms with Gasteiger partial charge >= 0.3 is 5.97 Å². The van der Waals surface area contributed by atoms with Crippen molar-refractivity contribution in [2.75, 3.05) is 19.1 Å². The number of benzene rings is 1. The molecule has 1 aromatic carbocycles. The molecule has 2 aliphatic carbocycles. The number of rotatable bonds is 6.